The van der Waals surface area contributed by atoms with Crippen molar-refractivity contribution in [1.29, 1.82) is 0 Å². The molecule has 0 amide bonds. The number of halogens is 2. The minimum Gasteiger partial charge on any atom is -0.488 e. The van der Waals surface area contributed by atoms with Crippen molar-refractivity contribution in [2.45, 2.75) is 6.61 Å². The van der Waals surface area contributed by atoms with Crippen LogP contribution in [0.25, 0.3) is 0 Å². The Balaban J connectivity index is 0.00000353. The molecule has 39 heavy (non-hydrogen) atoms. The lowest BCUT2D eigenvalue weighted by Crippen LogP contribution is -2.07. The number of hydrogen-bond acceptors (Lipinski definition) is 8. The zero-order chi connectivity index (χ0) is 26.0. The number of rotatable bonds is 10. The minimum atomic E-state index is 0. The first-order chi connectivity index (χ1) is 18.7. The first-order valence-corrected chi connectivity index (χ1v) is 12.7. The number of benzene rings is 4. The minimum absolute atomic E-state index is 0. The van der Waals surface area contributed by atoms with Gasteiger partial charge < -0.3 is 15.4 Å². The topological polar surface area (TPSA) is 96.4 Å². The molecular weight excluding hydrogens is 578 g/mol. The summed E-state index contributed by atoms with van der Waals surface area (Å²) in [6.45, 7) is 0.452. The summed E-state index contributed by atoms with van der Waals surface area (Å²) in [5, 5.41) is 10.8. The van der Waals surface area contributed by atoms with Gasteiger partial charge in [-0.3, -0.25) is 0 Å². The Morgan fingerprint density at radius 1 is 0.692 bits per heavy atom. The van der Waals surface area contributed by atoms with Crippen LogP contribution in [0.5, 0.6) is 5.75 Å². The van der Waals surface area contributed by atoms with Crippen LogP contribution in [0.3, 0.4) is 0 Å². The largest absolute Gasteiger partial charge is 0.488 e. The van der Waals surface area contributed by atoms with Gasteiger partial charge in [-0.2, -0.15) is 20.1 Å². The first-order valence-electron chi connectivity index (χ1n) is 11.9. The van der Waals surface area contributed by atoms with Crippen LogP contribution in [0.1, 0.15) is 11.1 Å². The number of nitrogens with zero attached hydrogens (tertiary/aromatic N) is 4. The maximum Gasteiger partial charge on any atom is 0.250 e. The third kappa shape index (κ3) is 8.26. The quantitative estimate of drug-likeness (QED) is 0.112. The zero-order valence-corrected chi connectivity index (χ0v) is 23.1. The number of nitrogens with one attached hydrogen (secondary N) is 3. The van der Waals surface area contributed by atoms with Gasteiger partial charge in [0.2, 0.25) is 17.8 Å². The molecule has 0 radical (unpaired) electrons. The highest BCUT2D eigenvalue weighted by atomic mass is 79.9. The van der Waals surface area contributed by atoms with Crippen LogP contribution in [0, 0.1) is 0 Å². The molecule has 0 aliphatic carbocycles. The molecule has 0 bridgehead atoms. The van der Waals surface area contributed by atoms with E-state index in [2.05, 4.69) is 52.0 Å². The predicted molar refractivity (Wildman–Crippen MR) is 163 cm³/mol. The summed E-state index contributed by atoms with van der Waals surface area (Å²) in [6, 6.07) is 35.2. The fourth-order valence-corrected chi connectivity index (χ4v) is 3.86. The number of hydrogen-bond donors (Lipinski definition) is 3. The molecule has 1 heterocycles. The van der Waals surface area contributed by atoms with Crippen molar-refractivity contribution in [1.82, 2.24) is 15.0 Å². The first kappa shape index (κ1) is 27.6. The molecule has 0 saturated heterocycles. The van der Waals surface area contributed by atoms with Gasteiger partial charge in [-0.1, -0.05) is 82.7 Å². The lowest BCUT2D eigenvalue weighted by atomic mass is 10.2. The third-order valence-electron chi connectivity index (χ3n) is 5.27. The van der Waals surface area contributed by atoms with E-state index in [1.165, 1.54) is 0 Å². The van der Waals surface area contributed by atoms with E-state index < -0.39 is 0 Å². The van der Waals surface area contributed by atoms with E-state index in [0.717, 1.165) is 27.0 Å². The third-order valence-corrected chi connectivity index (χ3v) is 5.77. The lowest BCUT2D eigenvalue weighted by Gasteiger charge is -2.11. The average Bonchev–Trinajstić information content (AvgIpc) is 2.94. The molecule has 4 aromatic carbocycles. The van der Waals surface area contributed by atoms with E-state index in [1.54, 1.807) is 6.21 Å². The van der Waals surface area contributed by atoms with Crippen LogP contribution in [0.2, 0.25) is 0 Å². The van der Waals surface area contributed by atoms with E-state index >= 15 is 0 Å². The van der Waals surface area contributed by atoms with Gasteiger partial charge in [0.1, 0.15) is 12.4 Å². The number of aromatic nitrogens is 3. The summed E-state index contributed by atoms with van der Waals surface area (Å²) in [5.74, 6) is 1.72. The van der Waals surface area contributed by atoms with E-state index in [9.17, 15) is 0 Å². The molecule has 196 valence electrons. The van der Waals surface area contributed by atoms with Crippen molar-refractivity contribution in [2.24, 2.45) is 5.10 Å². The van der Waals surface area contributed by atoms with E-state index in [0.29, 0.717) is 24.3 Å². The van der Waals surface area contributed by atoms with Gasteiger partial charge in [0.15, 0.2) is 0 Å². The summed E-state index contributed by atoms with van der Waals surface area (Å²) >= 11 is 3.52. The summed E-state index contributed by atoms with van der Waals surface area (Å²) in [7, 11) is 0. The number of anilines is 5. The Morgan fingerprint density at radius 3 is 1.82 bits per heavy atom. The molecule has 0 saturated carbocycles. The van der Waals surface area contributed by atoms with E-state index in [-0.39, 0.29) is 18.4 Å². The Labute approximate surface area is 241 Å². The van der Waals surface area contributed by atoms with Gasteiger partial charge in [0.05, 0.1) is 6.21 Å². The molecule has 0 unspecified atom stereocenters. The van der Waals surface area contributed by atoms with Gasteiger partial charge in [-0.25, -0.2) is 5.43 Å². The smallest absolute Gasteiger partial charge is 0.250 e. The maximum absolute atomic E-state index is 6.05. The molecule has 3 N–H and O–H groups in total. The van der Waals surface area contributed by atoms with Crippen molar-refractivity contribution in [3.63, 3.8) is 0 Å². The van der Waals surface area contributed by atoms with Crippen molar-refractivity contribution in [3.05, 3.63) is 125 Å². The fourth-order valence-electron chi connectivity index (χ4n) is 3.49. The molecule has 8 nitrogen and oxygen atoms in total. The molecule has 0 atom stereocenters. The number of ether oxygens (including phenoxy) is 1. The van der Waals surface area contributed by atoms with Gasteiger partial charge in [0.25, 0.3) is 0 Å². The summed E-state index contributed by atoms with van der Waals surface area (Å²) in [5.41, 5.74) is 6.51. The fraction of sp³-hybridized carbons (Fsp3) is 0.0345. The highest BCUT2D eigenvalue weighted by Crippen LogP contribution is 2.23. The maximum atomic E-state index is 6.05. The zero-order valence-electron chi connectivity index (χ0n) is 20.7. The molecule has 5 rings (SSSR count). The van der Waals surface area contributed by atoms with Crippen LogP contribution in [0.15, 0.2) is 119 Å². The molecule has 0 fully saturated rings. The summed E-state index contributed by atoms with van der Waals surface area (Å²) in [6.07, 6.45) is 1.67. The van der Waals surface area contributed by atoms with Crippen molar-refractivity contribution in [2.75, 3.05) is 16.1 Å². The van der Waals surface area contributed by atoms with Crippen LogP contribution in [0.4, 0.5) is 29.2 Å². The summed E-state index contributed by atoms with van der Waals surface area (Å²) < 4.78 is 6.96. The van der Waals surface area contributed by atoms with Crippen LogP contribution in [-0.4, -0.2) is 21.2 Å². The van der Waals surface area contributed by atoms with Gasteiger partial charge >= 0.3 is 0 Å². The van der Waals surface area contributed by atoms with Gasteiger partial charge in [-0.15, -0.1) is 12.4 Å². The lowest BCUT2D eigenvalue weighted by molar-refractivity contribution is 0.306. The van der Waals surface area contributed by atoms with Crippen molar-refractivity contribution in [3.8, 4) is 5.75 Å². The molecular formula is C29H25BrClN7O. The second kappa shape index (κ2) is 13.9. The Kier molecular flexibility index (Phi) is 9.82. The average molecular weight is 603 g/mol. The highest BCUT2D eigenvalue weighted by Gasteiger charge is 2.08. The van der Waals surface area contributed by atoms with Gasteiger partial charge in [0, 0.05) is 21.4 Å². The molecule has 0 aliphatic heterocycles. The number of para-hydroxylation sites is 2. The normalized spacial score (nSPS) is 10.5. The number of hydrazone groups is 1. The second-order valence-corrected chi connectivity index (χ2v) is 9.03. The molecule has 5 aromatic rings. The van der Waals surface area contributed by atoms with Crippen LogP contribution < -0.4 is 20.8 Å². The second-order valence-electron chi connectivity index (χ2n) is 8.11. The summed E-state index contributed by atoms with van der Waals surface area (Å²) in [4.78, 5) is 13.5. The Bertz CT molecular complexity index is 1450. The SMILES string of the molecule is Brc1ccc(OCc2ccccc2)c(C=NNc2nc(Nc3ccccc3)nc(Nc3ccccc3)n2)c1.Cl. The molecule has 0 aliphatic rings. The standard InChI is InChI=1S/C29H24BrN7O.ClH/c30-23-16-17-26(38-20-21-10-4-1-5-11-21)22(18-23)19-31-37-29-35-27(32-24-12-6-2-7-13-24)34-28(36-29)33-25-14-8-3-9-15-25;/h1-19H,20H2,(H3,32,33,34,35,36,37);1H. The van der Waals surface area contributed by atoms with Gasteiger partial charge in [-0.05, 0) is 48.0 Å². The molecule has 1 aromatic heterocycles. The van der Waals surface area contributed by atoms with E-state index in [1.807, 2.05) is 109 Å². The van der Waals surface area contributed by atoms with E-state index in [4.69, 9.17) is 4.74 Å². The Hall–Kier alpha value is -4.47. The van der Waals surface area contributed by atoms with Crippen molar-refractivity contribution >= 4 is 63.8 Å². The van der Waals surface area contributed by atoms with Crippen molar-refractivity contribution < 1.29 is 4.74 Å². The van der Waals surface area contributed by atoms with Crippen LogP contribution >= 0.6 is 28.3 Å². The molecule has 10 heteroatoms. The monoisotopic (exact) mass is 601 g/mol. The highest BCUT2D eigenvalue weighted by molar-refractivity contribution is 9.10. The van der Waals surface area contributed by atoms with Crippen LogP contribution in [-0.2, 0) is 6.61 Å². The molecule has 0 spiro atoms. The Morgan fingerprint density at radius 2 is 1.23 bits per heavy atom. The predicted octanol–water partition coefficient (Wildman–Crippen LogP) is 7.57.